The highest BCUT2D eigenvalue weighted by Gasteiger charge is 2.43. The number of rotatable bonds is 11. The van der Waals surface area contributed by atoms with E-state index in [1.54, 1.807) is 17.0 Å². The van der Waals surface area contributed by atoms with Crippen LogP contribution in [0.5, 0.6) is 5.75 Å². The van der Waals surface area contributed by atoms with E-state index >= 15 is 0 Å². The van der Waals surface area contributed by atoms with Gasteiger partial charge in [-0.3, -0.25) is 4.79 Å². The molecule has 0 aromatic heterocycles. The molecule has 248 valence electrons. The quantitative estimate of drug-likeness (QED) is 0.0807. The normalized spacial score (nSPS) is 16.2. The topological polar surface area (TPSA) is 134 Å². The third-order valence-electron chi connectivity index (χ3n) is 9.05. The first kappa shape index (κ1) is 35.1. The molecule has 1 aliphatic heterocycles. The van der Waals surface area contributed by atoms with Gasteiger partial charge in [-0.1, -0.05) is 57.2 Å². The molecule has 0 aliphatic carbocycles. The minimum absolute atomic E-state index is 0.0574. The van der Waals surface area contributed by atoms with Gasteiger partial charge >= 0.3 is 5.97 Å². The fraction of sp³-hybridized carbons (Fsp3) is 0.444. The second-order valence-corrected chi connectivity index (χ2v) is 14.4. The molecule has 9 nitrogen and oxygen atoms in total. The van der Waals surface area contributed by atoms with E-state index in [4.69, 9.17) is 16.3 Å². The summed E-state index contributed by atoms with van der Waals surface area (Å²) in [7, 11) is 0. The number of hydrogen-bond donors (Lipinski definition) is 4. The molecule has 0 saturated carbocycles. The van der Waals surface area contributed by atoms with Gasteiger partial charge in [0.1, 0.15) is 17.4 Å². The maximum atomic E-state index is 14.0. The van der Waals surface area contributed by atoms with Gasteiger partial charge < -0.3 is 25.9 Å². The van der Waals surface area contributed by atoms with Crippen molar-refractivity contribution in [1.29, 1.82) is 0 Å². The molecule has 1 aliphatic rings. The number of nitrogens with zero attached hydrogens (tertiary/aromatic N) is 2. The highest BCUT2D eigenvalue weighted by atomic mass is 32.2. The van der Waals surface area contributed by atoms with Crippen LogP contribution in [0.15, 0.2) is 59.5 Å². The van der Waals surface area contributed by atoms with E-state index in [1.807, 2.05) is 58.0 Å². The second kappa shape index (κ2) is 13.9. The molecule has 46 heavy (non-hydrogen) atoms. The number of benzene rings is 3. The Morgan fingerprint density at radius 3 is 2.46 bits per heavy atom. The second-order valence-electron chi connectivity index (χ2n) is 13.2. The van der Waals surface area contributed by atoms with Crippen LogP contribution in [0, 0.1) is 19.3 Å². The van der Waals surface area contributed by atoms with Crippen LogP contribution in [-0.4, -0.2) is 46.0 Å². The Balaban J connectivity index is 1.81. The number of amides is 1. The largest absolute Gasteiger partial charge is 0.488 e. The number of carbonyl (C=O) groups is 2. The zero-order valence-electron chi connectivity index (χ0n) is 28.3. The first-order valence-corrected chi connectivity index (χ1v) is 16.6. The van der Waals surface area contributed by atoms with E-state index in [-0.39, 0.29) is 12.0 Å². The van der Waals surface area contributed by atoms with Crippen molar-refractivity contribution in [3.8, 4) is 5.75 Å². The first-order valence-electron chi connectivity index (χ1n) is 15.9. The Morgan fingerprint density at radius 2 is 1.80 bits per heavy atom. The molecule has 3 aromatic carbocycles. The lowest BCUT2D eigenvalue weighted by Gasteiger charge is -2.38. The molecule has 6 N–H and O–H groups in total. The zero-order chi connectivity index (χ0) is 34.0. The number of hydrazine groups is 1. The summed E-state index contributed by atoms with van der Waals surface area (Å²) < 4.78 is 8.68. The molecular weight excluding hydrogens is 598 g/mol. The number of ether oxygens (including phenoxy) is 1. The fourth-order valence-corrected chi connectivity index (χ4v) is 6.93. The smallest absolute Gasteiger partial charge is 0.328 e. The molecule has 0 bridgehead atoms. The van der Waals surface area contributed by atoms with Crippen molar-refractivity contribution in [1.82, 2.24) is 9.62 Å². The Hall–Kier alpha value is -3.73. The Bertz CT molecular complexity index is 1590. The van der Waals surface area contributed by atoms with Gasteiger partial charge in [-0.15, -0.1) is 0 Å². The van der Waals surface area contributed by atoms with Crippen molar-refractivity contribution in [2.24, 2.45) is 11.3 Å². The maximum absolute atomic E-state index is 14.0. The van der Waals surface area contributed by atoms with Crippen LogP contribution in [-0.2, 0) is 16.1 Å². The number of nitrogens with two attached hydrogens (primary N) is 2. The van der Waals surface area contributed by atoms with E-state index in [9.17, 15) is 14.7 Å². The Labute approximate surface area is 277 Å². The van der Waals surface area contributed by atoms with Gasteiger partial charge in [0.2, 0.25) is 5.91 Å². The predicted molar refractivity (Wildman–Crippen MR) is 187 cm³/mol. The van der Waals surface area contributed by atoms with Crippen molar-refractivity contribution in [2.75, 3.05) is 23.8 Å². The molecule has 0 saturated heterocycles. The summed E-state index contributed by atoms with van der Waals surface area (Å²) >= 11 is 1.70. The number of aliphatic carboxylic acids is 1. The number of carboxylic acids is 1. The van der Waals surface area contributed by atoms with Crippen LogP contribution in [0.25, 0.3) is 0 Å². The minimum atomic E-state index is -1.45. The molecule has 10 heteroatoms. The van der Waals surface area contributed by atoms with Gasteiger partial charge in [-0.05, 0) is 99.0 Å². The SMILES string of the molecule is CC[C@@H]1CN(Cc2cc(C(c3ccc(N(N)CC)c(N)c3C)C(C)(C)C(=O)NC(C)(C)C(=O)O)ccc2C)Sc2ccccc2O1. The summed E-state index contributed by atoms with van der Waals surface area (Å²) in [5.41, 5.74) is 10.3. The number of hydrogen-bond acceptors (Lipinski definition) is 8. The number of carboxylic acid groups (broad SMARTS) is 1. The summed E-state index contributed by atoms with van der Waals surface area (Å²) in [5.74, 6) is 5.21. The summed E-state index contributed by atoms with van der Waals surface area (Å²) in [6.07, 6.45) is 0.944. The molecule has 0 fully saturated rings. The molecule has 3 aromatic rings. The lowest BCUT2D eigenvalue weighted by Crippen LogP contribution is -2.54. The third-order valence-corrected chi connectivity index (χ3v) is 10.1. The molecule has 1 amide bonds. The average molecular weight is 648 g/mol. The van der Waals surface area contributed by atoms with Gasteiger partial charge in [0, 0.05) is 25.6 Å². The highest BCUT2D eigenvalue weighted by Crippen LogP contribution is 2.46. The van der Waals surface area contributed by atoms with E-state index < -0.39 is 22.8 Å². The van der Waals surface area contributed by atoms with Gasteiger partial charge in [0.05, 0.1) is 21.7 Å². The molecular formula is C36H49N5O4S. The Kier molecular flexibility index (Phi) is 10.7. The molecule has 0 spiro atoms. The van der Waals surface area contributed by atoms with Crippen LogP contribution in [0.3, 0.4) is 0 Å². The number of nitrogen functional groups attached to an aromatic ring is 1. The molecule has 4 rings (SSSR count). The van der Waals surface area contributed by atoms with E-state index in [0.29, 0.717) is 24.5 Å². The summed E-state index contributed by atoms with van der Waals surface area (Å²) in [6.45, 7) is 16.8. The summed E-state index contributed by atoms with van der Waals surface area (Å²) in [6, 6.07) is 18.4. The number of fused-ring (bicyclic) bond motifs is 1. The number of aryl methyl sites for hydroxylation is 1. The Morgan fingerprint density at radius 1 is 1.11 bits per heavy atom. The molecule has 0 radical (unpaired) electrons. The maximum Gasteiger partial charge on any atom is 0.328 e. The van der Waals surface area contributed by atoms with Crippen molar-refractivity contribution in [3.63, 3.8) is 0 Å². The van der Waals surface area contributed by atoms with Crippen molar-refractivity contribution in [2.45, 2.75) is 90.8 Å². The zero-order valence-corrected chi connectivity index (χ0v) is 29.1. The highest BCUT2D eigenvalue weighted by molar-refractivity contribution is 7.97. The standard InChI is InChI=1S/C36H49N5O4S/c1-9-26-21-40(46-30-14-12-11-13-29(30)45-26)20-25-19-24(16-15-22(25)3)31(35(5,6)33(42)39-36(7,8)34(43)44)27-17-18-28(41(38)10-2)32(37)23(27)4/h11-19,26,31H,9-10,20-21,37-38H2,1-8H3,(H,39,42)(H,43,44)/t26-,31?/m1/s1. The summed E-state index contributed by atoms with van der Waals surface area (Å²) in [4.78, 5) is 27.1. The van der Waals surface area contributed by atoms with Crippen molar-refractivity contribution < 1.29 is 19.4 Å². The average Bonchev–Trinajstić information content (AvgIpc) is 3.19. The predicted octanol–water partition coefficient (Wildman–Crippen LogP) is 6.40. The van der Waals surface area contributed by atoms with Gasteiger partial charge in [0.15, 0.2) is 0 Å². The van der Waals surface area contributed by atoms with E-state index in [2.05, 4.69) is 47.7 Å². The third kappa shape index (κ3) is 7.29. The van der Waals surface area contributed by atoms with Gasteiger partial charge in [-0.2, -0.15) is 0 Å². The number of nitrogens with one attached hydrogen (secondary N) is 1. The van der Waals surface area contributed by atoms with Crippen LogP contribution >= 0.6 is 11.9 Å². The van der Waals surface area contributed by atoms with Crippen LogP contribution < -0.4 is 26.6 Å². The van der Waals surface area contributed by atoms with Crippen LogP contribution in [0.4, 0.5) is 11.4 Å². The van der Waals surface area contributed by atoms with Gasteiger partial charge in [0.25, 0.3) is 0 Å². The molecule has 1 heterocycles. The fourth-order valence-electron chi connectivity index (χ4n) is 5.86. The summed E-state index contributed by atoms with van der Waals surface area (Å²) in [5, 5.41) is 14.2. The van der Waals surface area contributed by atoms with E-state index in [1.165, 1.54) is 13.8 Å². The number of anilines is 2. The molecule has 1 unspecified atom stereocenters. The van der Waals surface area contributed by atoms with Crippen molar-refractivity contribution >= 4 is 35.2 Å². The van der Waals surface area contributed by atoms with Gasteiger partial charge in [-0.25, -0.2) is 14.9 Å². The van der Waals surface area contributed by atoms with Crippen LogP contribution in [0.1, 0.15) is 81.7 Å². The van der Waals surface area contributed by atoms with Crippen LogP contribution in [0.2, 0.25) is 0 Å². The monoisotopic (exact) mass is 647 g/mol. The number of carbonyl (C=O) groups excluding carboxylic acids is 1. The first-order chi connectivity index (χ1) is 21.6. The van der Waals surface area contributed by atoms with Crippen molar-refractivity contribution in [3.05, 3.63) is 82.4 Å². The minimum Gasteiger partial charge on any atom is -0.488 e. The van der Waals surface area contributed by atoms with E-state index in [0.717, 1.165) is 51.4 Å². The number of para-hydroxylation sites is 1. The lowest BCUT2D eigenvalue weighted by molar-refractivity contribution is -0.147. The molecule has 2 atom stereocenters. The lowest BCUT2D eigenvalue weighted by atomic mass is 9.68.